The predicted molar refractivity (Wildman–Crippen MR) is 100.0 cm³/mol. The number of carbonyl (C=O) groups is 2. The minimum Gasteiger partial charge on any atom is -0.466 e. The predicted octanol–water partition coefficient (Wildman–Crippen LogP) is 5.10. The highest BCUT2D eigenvalue weighted by Gasteiger charge is 2.13. The number of rotatable bonds is 16. The van der Waals surface area contributed by atoms with Gasteiger partial charge in [0.05, 0.1) is 6.61 Å². The maximum atomic E-state index is 12.5. The summed E-state index contributed by atoms with van der Waals surface area (Å²) < 4.78 is 4.91. The van der Waals surface area contributed by atoms with Crippen LogP contribution in [0.2, 0.25) is 0 Å². The molecular formula is C20H39NO3. The summed E-state index contributed by atoms with van der Waals surface area (Å²) in [5.41, 5.74) is 0. The lowest BCUT2D eigenvalue weighted by Crippen LogP contribution is -2.32. The Labute approximate surface area is 149 Å². The van der Waals surface area contributed by atoms with Crippen LogP contribution in [0.1, 0.15) is 97.8 Å². The quantitative estimate of drug-likeness (QED) is 0.290. The van der Waals surface area contributed by atoms with Gasteiger partial charge in [0.1, 0.15) is 0 Å². The Morgan fingerprint density at radius 1 is 0.708 bits per heavy atom. The molecule has 0 saturated carbocycles. The highest BCUT2D eigenvalue weighted by atomic mass is 16.5. The van der Waals surface area contributed by atoms with Crippen LogP contribution < -0.4 is 0 Å². The molecular weight excluding hydrogens is 302 g/mol. The number of ether oxygens (including phenoxy) is 1. The molecule has 0 fully saturated rings. The molecule has 0 N–H and O–H groups in total. The van der Waals surface area contributed by atoms with Gasteiger partial charge in [-0.1, -0.05) is 52.4 Å². The lowest BCUT2D eigenvalue weighted by Gasteiger charge is -2.23. The number of esters is 1. The molecule has 0 atom stereocenters. The van der Waals surface area contributed by atoms with E-state index >= 15 is 0 Å². The largest absolute Gasteiger partial charge is 0.466 e. The van der Waals surface area contributed by atoms with Gasteiger partial charge in [-0.2, -0.15) is 0 Å². The smallest absolute Gasteiger partial charge is 0.305 e. The van der Waals surface area contributed by atoms with Gasteiger partial charge in [0.25, 0.3) is 0 Å². The van der Waals surface area contributed by atoms with E-state index in [0.29, 0.717) is 19.4 Å². The molecule has 0 aromatic heterocycles. The summed E-state index contributed by atoms with van der Waals surface area (Å²) in [6, 6.07) is 0. The van der Waals surface area contributed by atoms with Gasteiger partial charge in [-0.25, -0.2) is 0 Å². The molecule has 24 heavy (non-hydrogen) atoms. The summed E-state index contributed by atoms with van der Waals surface area (Å²) in [4.78, 5) is 25.8. The Kier molecular flexibility index (Phi) is 16.0. The maximum Gasteiger partial charge on any atom is 0.305 e. The third-order valence-electron chi connectivity index (χ3n) is 4.24. The van der Waals surface area contributed by atoms with E-state index in [9.17, 15) is 9.59 Å². The van der Waals surface area contributed by atoms with Gasteiger partial charge in [-0.3, -0.25) is 9.59 Å². The zero-order chi connectivity index (χ0) is 18.0. The van der Waals surface area contributed by atoms with Crippen molar-refractivity contribution in [3.8, 4) is 0 Å². The molecule has 0 radical (unpaired) electrons. The van der Waals surface area contributed by atoms with Crippen LogP contribution in [0.4, 0.5) is 0 Å². The minimum atomic E-state index is -0.152. The molecule has 0 bridgehead atoms. The fourth-order valence-electron chi connectivity index (χ4n) is 2.76. The Hall–Kier alpha value is -1.06. The lowest BCUT2D eigenvalue weighted by atomic mass is 10.1. The van der Waals surface area contributed by atoms with Gasteiger partial charge in [-0.05, 0) is 32.6 Å². The van der Waals surface area contributed by atoms with E-state index in [-0.39, 0.29) is 11.9 Å². The van der Waals surface area contributed by atoms with Crippen molar-refractivity contribution in [2.24, 2.45) is 0 Å². The molecule has 4 heteroatoms. The molecule has 0 spiro atoms. The number of unbranched alkanes of at least 4 members (excludes halogenated alkanes) is 7. The Bertz CT molecular complexity index is 306. The first kappa shape index (κ1) is 22.9. The first-order valence-electron chi connectivity index (χ1n) is 10.1. The molecule has 0 aromatic carbocycles. The molecule has 0 heterocycles. The topological polar surface area (TPSA) is 46.6 Å². The van der Waals surface area contributed by atoms with Crippen LogP contribution in [-0.4, -0.2) is 36.5 Å². The summed E-state index contributed by atoms with van der Waals surface area (Å²) in [7, 11) is 0. The van der Waals surface area contributed by atoms with Crippen molar-refractivity contribution >= 4 is 11.9 Å². The molecule has 0 aromatic rings. The van der Waals surface area contributed by atoms with Gasteiger partial charge >= 0.3 is 5.97 Å². The van der Waals surface area contributed by atoms with Crippen molar-refractivity contribution in [1.82, 2.24) is 4.90 Å². The number of hydrogen-bond acceptors (Lipinski definition) is 3. The average molecular weight is 342 g/mol. The molecule has 142 valence electrons. The first-order chi connectivity index (χ1) is 11.7. The molecule has 0 saturated heterocycles. The maximum absolute atomic E-state index is 12.5. The van der Waals surface area contributed by atoms with Crippen LogP contribution >= 0.6 is 0 Å². The monoisotopic (exact) mass is 341 g/mol. The third-order valence-corrected chi connectivity index (χ3v) is 4.24. The minimum absolute atomic E-state index is 0.152. The molecule has 0 unspecified atom stereocenters. The van der Waals surface area contributed by atoms with Crippen molar-refractivity contribution in [1.29, 1.82) is 0 Å². The highest BCUT2D eigenvalue weighted by Crippen LogP contribution is 2.09. The molecule has 0 aliphatic heterocycles. The Morgan fingerprint density at radius 2 is 1.25 bits per heavy atom. The summed E-state index contributed by atoms with van der Waals surface area (Å²) in [5, 5.41) is 0. The van der Waals surface area contributed by atoms with Gasteiger partial charge < -0.3 is 9.64 Å². The normalized spacial score (nSPS) is 10.6. The Balaban J connectivity index is 4.06. The van der Waals surface area contributed by atoms with Crippen LogP contribution in [0.25, 0.3) is 0 Å². The molecule has 0 aliphatic carbocycles. The molecule has 4 nitrogen and oxygen atoms in total. The fraction of sp³-hybridized carbons (Fsp3) is 0.900. The molecule has 1 amide bonds. The van der Waals surface area contributed by atoms with E-state index < -0.39 is 0 Å². The van der Waals surface area contributed by atoms with E-state index in [2.05, 4.69) is 18.7 Å². The summed E-state index contributed by atoms with van der Waals surface area (Å²) in [5.74, 6) is 0.104. The van der Waals surface area contributed by atoms with Gasteiger partial charge in [-0.15, -0.1) is 0 Å². The first-order valence-corrected chi connectivity index (χ1v) is 10.1. The average Bonchev–Trinajstić information content (AvgIpc) is 2.57. The zero-order valence-electron chi connectivity index (χ0n) is 16.3. The lowest BCUT2D eigenvalue weighted by molar-refractivity contribution is -0.143. The van der Waals surface area contributed by atoms with Crippen LogP contribution in [0.5, 0.6) is 0 Å². The molecule has 0 aliphatic rings. The van der Waals surface area contributed by atoms with Crippen molar-refractivity contribution in [2.45, 2.75) is 97.8 Å². The SMILES string of the molecule is CCCCCCN(CCCCCC)C(=O)CCCCC(=O)OCC. The molecule has 0 rings (SSSR count). The fourth-order valence-corrected chi connectivity index (χ4v) is 2.76. The second kappa shape index (κ2) is 16.8. The van der Waals surface area contributed by atoms with Crippen LogP contribution in [-0.2, 0) is 14.3 Å². The van der Waals surface area contributed by atoms with Crippen molar-refractivity contribution in [2.75, 3.05) is 19.7 Å². The Morgan fingerprint density at radius 3 is 1.75 bits per heavy atom. The van der Waals surface area contributed by atoms with Gasteiger partial charge in [0.2, 0.25) is 5.91 Å². The standard InChI is InChI=1S/C20H39NO3/c1-4-7-9-13-17-21(18-14-10-8-5-2)19(22)15-11-12-16-20(23)24-6-3/h4-18H2,1-3H3. The van der Waals surface area contributed by atoms with Gasteiger partial charge in [0, 0.05) is 25.9 Å². The van der Waals surface area contributed by atoms with Crippen molar-refractivity contribution in [3.63, 3.8) is 0 Å². The van der Waals surface area contributed by atoms with E-state index in [4.69, 9.17) is 4.74 Å². The summed E-state index contributed by atoms with van der Waals surface area (Å²) in [6.45, 7) is 8.44. The third kappa shape index (κ3) is 13.4. The van der Waals surface area contributed by atoms with E-state index in [1.807, 2.05) is 6.92 Å². The summed E-state index contributed by atoms with van der Waals surface area (Å²) >= 11 is 0. The van der Waals surface area contributed by atoms with E-state index in [0.717, 1.165) is 38.8 Å². The van der Waals surface area contributed by atoms with E-state index in [1.165, 1.54) is 38.5 Å². The number of amides is 1. The zero-order valence-corrected chi connectivity index (χ0v) is 16.3. The van der Waals surface area contributed by atoms with Crippen LogP contribution in [0.3, 0.4) is 0 Å². The van der Waals surface area contributed by atoms with Crippen LogP contribution in [0, 0.1) is 0 Å². The number of nitrogens with zero attached hydrogens (tertiary/aromatic N) is 1. The van der Waals surface area contributed by atoms with Gasteiger partial charge in [0.15, 0.2) is 0 Å². The van der Waals surface area contributed by atoms with E-state index in [1.54, 1.807) is 0 Å². The summed E-state index contributed by atoms with van der Waals surface area (Å²) in [6.07, 6.45) is 12.1. The number of carbonyl (C=O) groups excluding carboxylic acids is 2. The van der Waals surface area contributed by atoms with Crippen molar-refractivity contribution < 1.29 is 14.3 Å². The number of hydrogen-bond donors (Lipinski definition) is 0. The highest BCUT2D eigenvalue weighted by molar-refractivity contribution is 5.76. The van der Waals surface area contributed by atoms with Crippen molar-refractivity contribution in [3.05, 3.63) is 0 Å². The second-order valence-corrected chi connectivity index (χ2v) is 6.51. The van der Waals surface area contributed by atoms with Crippen LogP contribution in [0.15, 0.2) is 0 Å². The second-order valence-electron chi connectivity index (χ2n) is 6.51.